The van der Waals surface area contributed by atoms with Crippen LogP contribution in [0.4, 0.5) is 5.69 Å². The van der Waals surface area contributed by atoms with Gasteiger partial charge in [-0.1, -0.05) is 6.92 Å². The second-order valence-corrected chi connectivity index (χ2v) is 5.16. The minimum Gasteiger partial charge on any atom is -0.508 e. The lowest BCUT2D eigenvalue weighted by Crippen LogP contribution is -2.19. The second-order valence-electron chi connectivity index (χ2n) is 5.16. The molecule has 2 aromatic carbocycles. The lowest BCUT2D eigenvalue weighted by molar-refractivity contribution is -0.115. The molecular weight excluding hydrogens is 306 g/mol. The van der Waals surface area contributed by atoms with E-state index in [9.17, 15) is 14.7 Å². The van der Waals surface area contributed by atoms with Crippen molar-refractivity contribution in [3.8, 4) is 5.75 Å². The number of phenols is 1. The fourth-order valence-corrected chi connectivity index (χ4v) is 1.92. The highest BCUT2D eigenvalue weighted by atomic mass is 16.3. The van der Waals surface area contributed by atoms with Gasteiger partial charge < -0.3 is 10.4 Å². The molecule has 2 aromatic rings. The lowest BCUT2D eigenvalue weighted by Gasteiger charge is -2.06. The van der Waals surface area contributed by atoms with E-state index in [1.165, 1.54) is 0 Å². The van der Waals surface area contributed by atoms with Crippen LogP contribution in [0.25, 0.3) is 0 Å². The number of carbonyl (C=O) groups excluding carboxylic acids is 2. The third-order valence-corrected chi connectivity index (χ3v) is 3.36. The Kier molecular flexibility index (Phi) is 5.68. The number of hydrogen-bond acceptors (Lipinski definition) is 4. The van der Waals surface area contributed by atoms with Gasteiger partial charge in [0.1, 0.15) is 5.75 Å². The molecule has 0 fully saturated rings. The third-order valence-electron chi connectivity index (χ3n) is 3.36. The molecule has 0 aliphatic carbocycles. The zero-order chi connectivity index (χ0) is 17.5. The summed E-state index contributed by atoms with van der Waals surface area (Å²) < 4.78 is 0. The first-order chi connectivity index (χ1) is 11.5. The Bertz CT molecular complexity index is 750. The van der Waals surface area contributed by atoms with E-state index in [4.69, 9.17) is 0 Å². The molecule has 0 aliphatic heterocycles. The van der Waals surface area contributed by atoms with E-state index in [1.54, 1.807) is 62.4 Å². The molecule has 0 saturated heterocycles. The van der Waals surface area contributed by atoms with Crippen LogP contribution >= 0.6 is 0 Å². The van der Waals surface area contributed by atoms with E-state index in [2.05, 4.69) is 15.8 Å². The van der Waals surface area contributed by atoms with Crippen molar-refractivity contribution in [3.05, 3.63) is 59.7 Å². The SMILES string of the molecule is CCC(=O)Nc1ccc(C(=O)NN=C(C)c2ccc(O)cc2)cc1. The first kappa shape index (κ1) is 17.2. The van der Waals surface area contributed by atoms with Gasteiger partial charge in [-0.25, -0.2) is 5.43 Å². The van der Waals surface area contributed by atoms with Crippen molar-refractivity contribution in [1.82, 2.24) is 5.43 Å². The first-order valence-electron chi connectivity index (χ1n) is 7.53. The Morgan fingerprint density at radius 2 is 1.58 bits per heavy atom. The Labute approximate surface area is 140 Å². The minimum absolute atomic E-state index is 0.0821. The zero-order valence-electron chi connectivity index (χ0n) is 13.5. The summed E-state index contributed by atoms with van der Waals surface area (Å²) in [6.45, 7) is 3.53. The average molecular weight is 325 g/mol. The standard InChI is InChI=1S/C18H19N3O3/c1-3-17(23)19-15-8-4-14(5-9-15)18(24)21-20-12(2)13-6-10-16(22)11-7-13/h4-11,22H,3H2,1-2H3,(H,19,23)(H,21,24). The third kappa shape index (κ3) is 4.67. The summed E-state index contributed by atoms with van der Waals surface area (Å²) in [5, 5.41) is 16.0. The molecule has 0 radical (unpaired) electrons. The molecular formula is C18H19N3O3. The maximum atomic E-state index is 12.1. The van der Waals surface area contributed by atoms with Crippen LogP contribution in [0.2, 0.25) is 0 Å². The van der Waals surface area contributed by atoms with Gasteiger partial charge >= 0.3 is 0 Å². The topological polar surface area (TPSA) is 90.8 Å². The second kappa shape index (κ2) is 7.92. The smallest absolute Gasteiger partial charge is 0.271 e. The van der Waals surface area contributed by atoms with E-state index >= 15 is 0 Å². The van der Waals surface area contributed by atoms with E-state index < -0.39 is 0 Å². The Morgan fingerprint density at radius 3 is 2.17 bits per heavy atom. The van der Waals surface area contributed by atoms with E-state index in [1.807, 2.05) is 0 Å². The van der Waals surface area contributed by atoms with Crippen molar-refractivity contribution in [1.29, 1.82) is 0 Å². The molecule has 0 spiro atoms. The molecule has 0 heterocycles. The summed E-state index contributed by atoms with van der Waals surface area (Å²) in [7, 11) is 0. The number of phenolic OH excluding ortho intramolecular Hbond substituents is 1. The number of nitrogens with zero attached hydrogens (tertiary/aromatic N) is 1. The van der Waals surface area contributed by atoms with Crippen molar-refractivity contribution in [3.63, 3.8) is 0 Å². The molecule has 24 heavy (non-hydrogen) atoms. The molecule has 3 N–H and O–H groups in total. The highest BCUT2D eigenvalue weighted by molar-refractivity contribution is 6.01. The number of anilines is 1. The van der Waals surface area contributed by atoms with E-state index in [0.717, 1.165) is 5.56 Å². The predicted octanol–water partition coefficient (Wildman–Crippen LogP) is 2.89. The van der Waals surface area contributed by atoms with Crippen molar-refractivity contribution in [2.24, 2.45) is 5.10 Å². The maximum Gasteiger partial charge on any atom is 0.271 e. The normalized spacial score (nSPS) is 11.0. The zero-order valence-corrected chi connectivity index (χ0v) is 13.5. The highest BCUT2D eigenvalue weighted by Gasteiger charge is 2.06. The van der Waals surface area contributed by atoms with Crippen LogP contribution in [0, 0.1) is 0 Å². The van der Waals surface area contributed by atoms with Gasteiger partial charge in [-0.3, -0.25) is 9.59 Å². The van der Waals surface area contributed by atoms with Crippen molar-refractivity contribution < 1.29 is 14.7 Å². The van der Waals surface area contributed by atoms with Crippen molar-refractivity contribution >= 4 is 23.2 Å². The number of benzene rings is 2. The molecule has 124 valence electrons. The van der Waals surface area contributed by atoms with Crippen LogP contribution in [0.5, 0.6) is 5.75 Å². The molecule has 0 unspecified atom stereocenters. The number of hydrogen-bond donors (Lipinski definition) is 3. The number of nitrogens with one attached hydrogen (secondary N) is 2. The molecule has 0 bridgehead atoms. The van der Waals surface area contributed by atoms with Crippen LogP contribution in [0.15, 0.2) is 53.6 Å². The van der Waals surface area contributed by atoms with Crippen LogP contribution < -0.4 is 10.7 Å². The van der Waals surface area contributed by atoms with Crippen LogP contribution in [0.3, 0.4) is 0 Å². The number of carbonyl (C=O) groups is 2. The Morgan fingerprint density at radius 1 is 1.00 bits per heavy atom. The first-order valence-corrected chi connectivity index (χ1v) is 7.53. The van der Waals surface area contributed by atoms with E-state index in [0.29, 0.717) is 23.4 Å². The Hall–Kier alpha value is -3.15. The largest absolute Gasteiger partial charge is 0.508 e. The summed E-state index contributed by atoms with van der Waals surface area (Å²) in [5.74, 6) is -0.256. The number of amides is 2. The van der Waals surface area contributed by atoms with Crippen LogP contribution in [-0.4, -0.2) is 22.6 Å². The summed E-state index contributed by atoms with van der Waals surface area (Å²) in [6, 6.07) is 13.1. The van der Waals surface area contributed by atoms with Gasteiger partial charge in [0.05, 0.1) is 5.71 Å². The van der Waals surface area contributed by atoms with Gasteiger partial charge in [0.25, 0.3) is 5.91 Å². The monoisotopic (exact) mass is 325 g/mol. The van der Waals surface area contributed by atoms with Gasteiger partial charge in [0.2, 0.25) is 5.91 Å². The predicted molar refractivity (Wildman–Crippen MR) is 93.1 cm³/mol. The van der Waals surface area contributed by atoms with Crippen LogP contribution in [-0.2, 0) is 4.79 Å². The Balaban J connectivity index is 2.00. The van der Waals surface area contributed by atoms with Crippen molar-refractivity contribution in [2.45, 2.75) is 20.3 Å². The molecule has 2 rings (SSSR count). The van der Waals surface area contributed by atoms with Gasteiger partial charge in [-0.15, -0.1) is 0 Å². The molecule has 0 aliphatic rings. The quantitative estimate of drug-likeness (QED) is 0.583. The summed E-state index contributed by atoms with van der Waals surface area (Å²) >= 11 is 0. The molecule has 0 aromatic heterocycles. The lowest BCUT2D eigenvalue weighted by atomic mass is 10.1. The molecule has 2 amide bonds. The van der Waals surface area contributed by atoms with Crippen molar-refractivity contribution in [2.75, 3.05) is 5.32 Å². The number of rotatable bonds is 5. The number of aromatic hydroxyl groups is 1. The number of hydrazone groups is 1. The molecule has 0 atom stereocenters. The summed E-state index contributed by atoms with van der Waals surface area (Å²) in [4.78, 5) is 23.4. The maximum absolute atomic E-state index is 12.1. The van der Waals surface area contributed by atoms with Gasteiger partial charge in [-0.2, -0.15) is 5.10 Å². The molecule has 6 heteroatoms. The minimum atomic E-state index is -0.346. The van der Waals surface area contributed by atoms with E-state index in [-0.39, 0.29) is 17.6 Å². The average Bonchev–Trinajstić information content (AvgIpc) is 2.60. The molecule has 0 saturated carbocycles. The summed E-state index contributed by atoms with van der Waals surface area (Å²) in [5.41, 5.74) is 4.98. The fraction of sp³-hybridized carbons (Fsp3) is 0.167. The van der Waals surface area contributed by atoms with Gasteiger partial charge in [-0.05, 0) is 61.0 Å². The van der Waals surface area contributed by atoms with Crippen LogP contribution in [0.1, 0.15) is 36.2 Å². The van der Waals surface area contributed by atoms with Gasteiger partial charge in [0, 0.05) is 17.7 Å². The highest BCUT2D eigenvalue weighted by Crippen LogP contribution is 2.11. The molecule has 6 nitrogen and oxygen atoms in total. The fourth-order valence-electron chi connectivity index (χ4n) is 1.92. The summed E-state index contributed by atoms with van der Waals surface area (Å²) in [6.07, 6.45) is 0.396. The van der Waals surface area contributed by atoms with Gasteiger partial charge in [0.15, 0.2) is 0 Å².